The van der Waals surface area contributed by atoms with Crippen molar-refractivity contribution in [3.8, 4) is 30.4 Å². The molecule has 1 aliphatic rings. The van der Waals surface area contributed by atoms with Crippen LogP contribution in [0.3, 0.4) is 0 Å². The number of aromatic nitrogens is 1. The Balaban J connectivity index is 1.70. The predicted molar refractivity (Wildman–Crippen MR) is 241 cm³/mol. The van der Waals surface area contributed by atoms with E-state index in [0.29, 0.717) is 38.5 Å². The molecule has 1 heterocycles. The third-order valence-electron chi connectivity index (χ3n) is 10.7. The molecule has 1 aliphatic carbocycles. The van der Waals surface area contributed by atoms with Crippen molar-refractivity contribution in [3.05, 3.63) is 71.1 Å². The quantitative estimate of drug-likeness (QED) is 0.0269. The molecule has 0 bridgehead atoms. The average Bonchev–Trinajstić information content (AvgIpc) is 3.50. The highest BCUT2D eigenvalue weighted by molar-refractivity contribution is 5.96. The first-order chi connectivity index (χ1) is 30.6. The molecule has 1 aromatic carbocycles. The van der Waals surface area contributed by atoms with Crippen molar-refractivity contribution in [2.24, 2.45) is 23.7 Å². The summed E-state index contributed by atoms with van der Waals surface area (Å²) in [7, 11) is 0. The zero-order chi connectivity index (χ0) is 48.3. The van der Waals surface area contributed by atoms with Crippen LogP contribution in [-0.4, -0.2) is 79.7 Å². The summed E-state index contributed by atoms with van der Waals surface area (Å²) in [6.45, 7) is 10.3. The number of allylic oxidation sites excluding steroid dienone is 2. The van der Waals surface area contributed by atoms with Crippen LogP contribution in [-0.2, 0) is 62.6 Å². The van der Waals surface area contributed by atoms with Crippen LogP contribution in [0.5, 0.6) is 5.75 Å². The number of unbranched alkanes of at least 4 members (excludes halogenated alkanes) is 1. The number of aryl methyl sites for hydroxylation is 2. The standard InChI is InChI=1S/C51H67NO13/c1-10-19-39(48(59)64-50(4,5)6)46(57)61-31-35-30-52-33(3)45(41(35)32-62-47(58)40(20-11-2)49(60)65-51(7,8)9)63-44(56)24-18-13-12-17-23-37-38(43(55)29-42(37)54)28-27-36(53)26-25-34-21-15-14-16-22-34/h1-2,12,14-17,21-22,30,36-40,42-43,53-55H,13,18-20,23-29,31-32H2,3-9H3/b17-12-/t36-,37+,38+,39?,40?,42-,43+/m0/s1. The second-order valence-electron chi connectivity index (χ2n) is 18.4. The van der Waals surface area contributed by atoms with Gasteiger partial charge in [0.2, 0.25) is 0 Å². The van der Waals surface area contributed by atoms with E-state index in [0.717, 1.165) is 12.0 Å². The minimum atomic E-state index is -1.46. The third kappa shape index (κ3) is 18.5. The molecule has 1 fully saturated rings. The number of hydrogen-bond donors (Lipinski definition) is 3. The molecule has 0 aliphatic heterocycles. The van der Waals surface area contributed by atoms with E-state index in [-0.39, 0.29) is 60.1 Å². The fourth-order valence-electron chi connectivity index (χ4n) is 7.41. The lowest BCUT2D eigenvalue weighted by atomic mass is 9.85. The van der Waals surface area contributed by atoms with E-state index in [9.17, 15) is 39.3 Å². The zero-order valence-electron chi connectivity index (χ0n) is 38.9. The molecule has 65 heavy (non-hydrogen) atoms. The van der Waals surface area contributed by atoms with Crippen LogP contribution in [0.1, 0.15) is 128 Å². The Labute approximate surface area is 383 Å². The monoisotopic (exact) mass is 901 g/mol. The van der Waals surface area contributed by atoms with Crippen LogP contribution in [0.15, 0.2) is 48.7 Å². The summed E-state index contributed by atoms with van der Waals surface area (Å²) in [5.41, 5.74) is -0.165. The number of aliphatic hydroxyl groups excluding tert-OH is 3. The van der Waals surface area contributed by atoms with Gasteiger partial charge < -0.3 is 39.0 Å². The van der Waals surface area contributed by atoms with Crippen LogP contribution in [0.2, 0.25) is 0 Å². The number of ether oxygens (including phenoxy) is 5. The van der Waals surface area contributed by atoms with Gasteiger partial charge in [-0.25, -0.2) is 0 Å². The highest BCUT2D eigenvalue weighted by Gasteiger charge is 2.41. The molecule has 2 aromatic rings. The van der Waals surface area contributed by atoms with Gasteiger partial charge in [-0.05, 0) is 117 Å². The second kappa shape index (κ2) is 25.8. The number of aliphatic hydroxyl groups is 3. The molecule has 1 saturated carbocycles. The van der Waals surface area contributed by atoms with Crippen molar-refractivity contribution in [2.45, 2.75) is 162 Å². The fraction of sp³-hybridized carbons (Fsp3) is 0.569. The summed E-state index contributed by atoms with van der Waals surface area (Å²) in [5.74, 6) is -3.08. The van der Waals surface area contributed by atoms with Gasteiger partial charge in [0.15, 0.2) is 17.6 Å². The molecule has 2 unspecified atom stereocenters. The highest BCUT2D eigenvalue weighted by Crippen LogP contribution is 2.39. The lowest BCUT2D eigenvalue weighted by Crippen LogP contribution is -2.34. The minimum Gasteiger partial charge on any atom is -0.460 e. The smallest absolute Gasteiger partial charge is 0.321 e. The van der Waals surface area contributed by atoms with Crippen LogP contribution in [0.4, 0.5) is 0 Å². The third-order valence-corrected chi connectivity index (χ3v) is 10.7. The van der Waals surface area contributed by atoms with Crippen LogP contribution in [0, 0.1) is 55.3 Å². The van der Waals surface area contributed by atoms with E-state index < -0.39 is 84.4 Å². The van der Waals surface area contributed by atoms with E-state index in [1.807, 2.05) is 42.5 Å². The molecule has 3 rings (SSSR count). The van der Waals surface area contributed by atoms with Gasteiger partial charge in [-0.1, -0.05) is 42.5 Å². The summed E-state index contributed by atoms with van der Waals surface area (Å²) in [6, 6.07) is 9.94. The van der Waals surface area contributed by atoms with E-state index in [4.69, 9.17) is 36.5 Å². The van der Waals surface area contributed by atoms with E-state index in [1.165, 1.54) is 6.20 Å². The number of benzene rings is 1. The molecule has 3 N–H and O–H groups in total. The first kappa shape index (κ1) is 53.8. The topological polar surface area (TPSA) is 205 Å². The Morgan fingerprint density at radius 3 is 1.95 bits per heavy atom. The summed E-state index contributed by atoms with van der Waals surface area (Å²) in [6.07, 6.45) is 17.8. The van der Waals surface area contributed by atoms with Gasteiger partial charge in [0.25, 0.3) is 0 Å². The molecule has 0 saturated heterocycles. The first-order valence-electron chi connectivity index (χ1n) is 22.2. The van der Waals surface area contributed by atoms with E-state index in [2.05, 4.69) is 16.8 Å². The summed E-state index contributed by atoms with van der Waals surface area (Å²) in [5, 5.41) is 32.1. The lowest BCUT2D eigenvalue weighted by Gasteiger charge is -2.23. The Morgan fingerprint density at radius 1 is 0.815 bits per heavy atom. The van der Waals surface area contributed by atoms with Gasteiger partial charge in [0.1, 0.15) is 24.4 Å². The SMILES string of the molecule is C#CCC(C(=O)OCc1cnc(C)c(OC(=O)CCC/C=C\C[C@@H]2[C@@H](CC[C@@H](O)CCc3ccccc3)[C@H](O)C[C@@H]2O)c1COC(=O)C(CC#C)C(=O)OC(C)(C)C)C(=O)OC(C)(C)C. The van der Waals surface area contributed by atoms with Crippen molar-refractivity contribution in [1.29, 1.82) is 0 Å². The average molecular weight is 902 g/mol. The molecule has 0 spiro atoms. The van der Waals surface area contributed by atoms with E-state index >= 15 is 0 Å². The molecule has 7 atom stereocenters. The van der Waals surface area contributed by atoms with Gasteiger partial charge in [-0.3, -0.25) is 29.0 Å². The van der Waals surface area contributed by atoms with E-state index in [1.54, 1.807) is 48.5 Å². The number of hydrogen-bond acceptors (Lipinski definition) is 14. The fourth-order valence-corrected chi connectivity index (χ4v) is 7.41. The Bertz CT molecular complexity index is 2020. The second-order valence-corrected chi connectivity index (χ2v) is 18.4. The van der Waals surface area contributed by atoms with Crippen molar-refractivity contribution >= 4 is 29.8 Å². The Morgan fingerprint density at radius 2 is 1.38 bits per heavy atom. The maximum atomic E-state index is 13.3. The Kier molecular flexibility index (Phi) is 21.4. The van der Waals surface area contributed by atoms with Crippen molar-refractivity contribution in [3.63, 3.8) is 0 Å². The molecule has 0 radical (unpaired) electrons. The number of carbonyl (C=O) groups excluding carboxylic acids is 5. The van der Waals surface area contributed by atoms with Gasteiger partial charge in [0, 0.05) is 36.6 Å². The molecule has 14 heteroatoms. The molecular formula is C51H67NO13. The first-order valence-corrected chi connectivity index (χ1v) is 22.2. The number of rotatable bonds is 23. The van der Waals surface area contributed by atoms with Crippen LogP contribution < -0.4 is 4.74 Å². The normalized spacial score (nSPS) is 18.7. The predicted octanol–water partition coefficient (Wildman–Crippen LogP) is 6.59. The number of nitrogens with zero attached hydrogens (tertiary/aromatic N) is 1. The van der Waals surface area contributed by atoms with Gasteiger partial charge in [0.05, 0.1) is 24.0 Å². The van der Waals surface area contributed by atoms with Crippen LogP contribution >= 0.6 is 0 Å². The summed E-state index contributed by atoms with van der Waals surface area (Å²) < 4.78 is 27.6. The number of terminal acetylenes is 2. The molecule has 1 aromatic heterocycles. The summed E-state index contributed by atoms with van der Waals surface area (Å²) >= 11 is 0. The van der Waals surface area contributed by atoms with Crippen LogP contribution in [0.25, 0.3) is 0 Å². The van der Waals surface area contributed by atoms with Crippen molar-refractivity contribution in [2.75, 3.05) is 0 Å². The molecule has 14 nitrogen and oxygen atoms in total. The van der Waals surface area contributed by atoms with Gasteiger partial charge >= 0.3 is 29.8 Å². The van der Waals surface area contributed by atoms with Crippen molar-refractivity contribution < 1.29 is 63.0 Å². The highest BCUT2D eigenvalue weighted by atomic mass is 16.6. The minimum absolute atomic E-state index is 0.0248. The summed E-state index contributed by atoms with van der Waals surface area (Å²) in [4.78, 5) is 69.9. The largest absolute Gasteiger partial charge is 0.460 e. The lowest BCUT2D eigenvalue weighted by molar-refractivity contribution is -0.171. The maximum absolute atomic E-state index is 13.3. The van der Waals surface area contributed by atoms with Gasteiger partial charge in [-0.2, -0.15) is 0 Å². The molecule has 354 valence electrons. The van der Waals surface area contributed by atoms with Crippen molar-refractivity contribution in [1.82, 2.24) is 4.98 Å². The Hall–Kier alpha value is -5.54. The number of esters is 5. The zero-order valence-corrected chi connectivity index (χ0v) is 38.9. The van der Waals surface area contributed by atoms with Gasteiger partial charge in [-0.15, -0.1) is 24.7 Å². The number of carbonyl (C=O) groups is 5. The molecular weight excluding hydrogens is 835 g/mol. The number of pyridine rings is 1. The molecule has 0 amide bonds. The maximum Gasteiger partial charge on any atom is 0.321 e.